The van der Waals surface area contributed by atoms with Crippen LogP contribution < -0.4 is 0 Å². The molecular weight excluding hydrogens is 210 g/mol. The minimum atomic E-state index is -0.378. The minimum absolute atomic E-state index is 0.378. The summed E-state index contributed by atoms with van der Waals surface area (Å²) in [4.78, 5) is 4.52. The summed E-state index contributed by atoms with van der Waals surface area (Å²) >= 11 is 0. The largest absolute Gasteiger partial charge is 0.390 e. The van der Waals surface area contributed by atoms with Crippen molar-refractivity contribution < 1.29 is 5.11 Å². The lowest BCUT2D eigenvalue weighted by Crippen LogP contribution is -2.34. The number of fused-ring (bicyclic) bond motifs is 2. The molecule has 0 saturated heterocycles. The highest BCUT2D eigenvalue weighted by molar-refractivity contribution is 5.22. The molecule has 0 bridgehead atoms. The number of nitrogens with zero attached hydrogens (tertiary/aromatic N) is 1. The van der Waals surface area contributed by atoms with E-state index in [1.54, 1.807) is 0 Å². The van der Waals surface area contributed by atoms with Crippen molar-refractivity contribution >= 4 is 0 Å². The Morgan fingerprint density at radius 3 is 3.06 bits per heavy atom. The summed E-state index contributed by atoms with van der Waals surface area (Å²) in [6, 6.07) is 4.23. The zero-order valence-electron chi connectivity index (χ0n) is 10.4. The Bertz CT molecular complexity index is 404. The van der Waals surface area contributed by atoms with Gasteiger partial charge in [0.05, 0.1) is 5.60 Å². The van der Waals surface area contributed by atoms with E-state index in [2.05, 4.69) is 11.1 Å². The number of aromatic nitrogens is 1. The molecule has 0 amide bonds. The third kappa shape index (κ3) is 2.11. The van der Waals surface area contributed by atoms with Crippen molar-refractivity contribution in [1.82, 2.24) is 4.98 Å². The topological polar surface area (TPSA) is 33.1 Å². The van der Waals surface area contributed by atoms with Crippen LogP contribution in [0.15, 0.2) is 18.3 Å². The van der Waals surface area contributed by atoms with Crippen molar-refractivity contribution in [2.45, 2.75) is 57.0 Å². The maximum absolute atomic E-state index is 10.7. The van der Waals surface area contributed by atoms with E-state index in [1.165, 1.54) is 30.5 Å². The molecule has 0 aliphatic heterocycles. The molecule has 0 aromatic carbocycles. The molecule has 2 aliphatic rings. The average Bonchev–Trinajstić information content (AvgIpc) is 2.70. The van der Waals surface area contributed by atoms with Gasteiger partial charge in [-0.25, -0.2) is 0 Å². The first-order valence-electron chi connectivity index (χ1n) is 6.93. The minimum Gasteiger partial charge on any atom is -0.390 e. The van der Waals surface area contributed by atoms with Crippen LogP contribution in [-0.4, -0.2) is 15.7 Å². The van der Waals surface area contributed by atoms with Gasteiger partial charge in [0, 0.05) is 11.9 Å². The fourth-order valence-electron chi connectivity index (χ4n) is 3.62. The van der Waals surface area contributed by atoms with E-state index in [1.807, 2.05) is 12.3 Å². The predicted molar refractivity (Wildman–Crippen MR) is 67.8 cm³/mol. The molecule has 2 heteroatoms. The highest BCUT2D eigenvalue weighted by Crippen LogP contribution is 2.42. The molecule has 1 saturated carbocycles. The molecule has 0 unspecified atom stereocenters. The van der Waals surface area contributed by atoms with Crippen molar-refractivity contribution in [3.63, 3.8) is 0 Å². The molecule has 2 aliphatic carbocycles. The summed E-state index contributed by atoms with van der Waals surface area (Å²) in [6.07, 6.45) is 10.7. The molecule has 0 spiro atoms. The monoisotopic (exact) mass is 231 g/mol. The molecule has 0 radical (unpaired) electrons. The van der Waals surface area contributed by atoms with Gasteiger partial charge in [0.2, 0.25) is 0 Å². The number of rotatable bonds is 0. The zero-order valence-corrected chi connectivity index (χ0v) is 10.4. The SMILES string of the molecule is O[C@]12CCCCc3ncccc3C[C@@H]1CCC2. The van der Waals surface area contributed by atoms with Gasteiger partial charge in [-0.05, 0) is 56.1 Å². The Hall–Kier alpha value is -0.890. The second-order valence-corrected chi connectivity index (χ2v) is 5.71. The second-order valence-electron chi connectivity index (χ2n) is 5.71. The van der Waals surface area contributed by atoms with Crippen LogP contribution in [0.3, 0.4) is 0 Å². The lowest BCUT2D eigenvalue weighted by atomic mass is 9.83. The number of aryl methyl sites for hydroxylation is 1. The highest BCUT2D eigenvalue weighted by Gasteiger charge is 2.40. The van der Waals surface area contributed by atoms with E-state index in [-0.39, 0.29) is 5.60 Å². The smallest absolute Gasteiger partial charge is 0.0679 e. The molecule has 1 N–H and O–H groups in total. The van der Waals surface area contributed by atoms with Gasteiger partial charge in [-0.1, -0.05) is 18.9 Å². The van der Waals surface area contributed by atoms with Gasteiger partial charge in [0.15, 0.2) is 0 Å². The summed E-state index contributed by atoms with van der Waals surface area (Å²) in [5, 5.41) is 10.7. The molecule has 17 heavy (non-hydrogen) atoms. The lowest BCUT2D eigenvalue weighted by molar-refractivity contribution is -0.00690. The van der Waals surface area contributed by atoms with Crippen molar-refractivity contribution in [2.75, 3.05) is 0 Å². The number of hydrogen-bond donors (Lipinski definition) is 1. The first-order valence-corrected chi connectivity index (χ1v) is 6.93. The van der Waals surface area contributed by atoms with Crippen LogP contribution in [-0.2, 0) is 12.8 Å². The average molecular weight is 231 g/mol. The predicted octanol–water partition coefficient (Wildman–Crippen LogP) is 2.88. The molecule has 1 fully saturated rings. The number of hydrogen-bond acceptors (Lipinski definition) is 2. The van der Waals surface area contributed by atoms with Crippen molar-refractivity contribution in [1.29, 1.82) is 0 Å². The first-order chi connectivity index (χ1) is 8.28. The Morgan fingerprint density at radius 2 is 2.12 bits per heavy atom. The van der Waals surface area contributed by atoms with E-state index in [0.717, 1.165) is 32.1 Å². The van der Waals surface area contributed by atoms with Crippen molar-refractivity contribution in [2.24, 2.45) is 5.92 Å². The fourth-order valence-corrected chi connectivity index (χ4v) is 3.62. The third-order valence-electron chi connectivity index (χ3n) is 4.65. The molecule has 2 atom stereocenters. The first kappa shape index (κ1) is 11.2. The lowest BCUT2D eigenvalue weighted by Gasteiger charge is -2.30. The van der Waals surface area contributed by atoms with Gasteiger partial charge in [0.25, 0.3) is 0 Å². The molecule has 92 valence electrons. The van der Waals surface area contributed by atoms with Gasteiger partial charge >= 0.3 is 0 Å². The van der Waals surface area contributed by atoms with Crippen molar-refractivity contribution in [3.8, 4) is 0 Å². The van der Waals surface area contributed by atoms with Gasteiger partial charge in [-0.15, -0.1) is 0 Å². The van der Waals surface area contributed by atoms with E-state index >= 15 is 0 Å². The van der Waals surface area contributed by atoms with Gasteiger partial charge < -0.3 is 5.11 Å². The summed E-state index contributed by atoms with van der Waals surface area (Å²) < 4.78 is 0. The fraction of sp³-hybridized carbons (Fsp3) is 0.667. The Balaban J connectivity index is 1.92. The molecule has 1 aromatic heterocycles. The van der Waals surface area contributed by atoms with E-state index in [0.29, 0.717) is 5.92 Å². The van der Waals surface area contributed by atoms with Crippen LogP contribution in [0, 0.1) is 5.92 Å². The van der Waals surface area contributed by atoms with E-state index in [4.69, 9.17) is 0 Å². The molecular formula is C15H21NO. The van der Waals surface area contributed by atoms with Gasteiger partial charge in [-0.3, -0.25) is 4.98 Å². The summed E-state index contributed by atoms with van der Waals surface area (Å²) in [7, 11) is 0. The Morgan fingerprint density at radius 1 is 1.24 bits per heavy atom. The van der Waals surface area contributed by atoms with Crippen molar-refractivity contribution in [3.05, 3.63) is 29.6 Å². The van der Waals surface area contributed by atoms with Crippen LogP contribution in [0.1, 0.15) is 49.8 Å². The van der Waals surface area contributed by atoms with Crippen LogP contribution in [0.5, 0.6) is 0 Å². The van der Waals surface area contributed by atoms with Gasteiger partial charge in [0.1, 0.15) is 0 Å². The van der Waals surface area contributed by atoms with E-state index in [9.17, 15) is 5.11 Å². The van der Waals surface area contributed by atoms with Gasteiger partial charge in [-0.2, -0.15) is 0 Å². The van der Waals surface area contributed by atoms with Crippen LogP contribution >= 0.6 is 0 Å². The summed E-state index contributed by atoms with van der Waals surface area (Å²) in [5.41, 5.74) is 2.26. The Labute approximate surface area is 103 Å². The maximum atomic E-state index is 10.7. The van der Waals surface area contributed by atoms with E-state index < -0.39 is 0 Å². The summed E-state index contributed by atoms with van der Waals surface area (Å²) in [5.74, 6) is 0.462. The molecule has 3 rings (SSSR count). The maximum Gasteiger partial charge on any atom is 0.0679 e. The van der Waals surface area contributed by atoms with Crippen LogP contribution in [0.2, 0.25) is 0 Å². The highest BCUT2D eigenvalue weighted by atomic mass is 16.3. The standard InChI is InChI=1S/C15H21NO/c17-15-8-2-1-7-14-12(5-4-10-16-14)11-13(15)6-3-9-15/h4-5,10,13,17H,1-3,6-9,11H2/t13-,15-/m0/s1. The summed E-state index contributed by atoms with van der Waals surface area (Å²) in [6.45, 7) is 0. The quantitative estimate of drug-likeness (QED) is 0.744. The molecule has 1 aromatic rings. The Kier molecular flexibility index (Phi) is 2.91. The number of pyridine rings is 1. The van der Waals surface area contributed by atoms with Crippen LogP contribution in [0.4, 0.5) is 0 Å². The normalized spacial score (nSPS) is 33.1. The van der Waals surface area contributed by atoms with Crippen LogP contribution in [0.25, 0.3) is 0 Å². The molecule has 1 heterocycles. The second kappa shape index (κ2) is 4.41. The number of aliphatic hydroxyl groups is 1. The third-order valence-corrected chi connectivity index (χ3v) is 4.65. The zero-order chi connectivity index (χ0) is 11.7. The molecule has 2 nitrogen and oxygen atoms in total.